The van der Waals surface area contributed by atoms with Gasteiger partial charge in [-0.15, -0.1) is 23.2 Å². The maximum absolute atomic E-state index is 4.76. The van der Waals surface area contributed by atoms with Crippen LogP contribution in [0.15, 0.2) is 0 Å². The van der Waals surface area contributed by atoms with Crippen molar-refractivity contribution in [1.29, 1.82) is 0 Å². The molecule has 0 rings (SSSR count). The zero-order valence-electron chi connectivity index (χ0n) is 3.87. The van der Waals surface area contributed by atoms with Gasteiger partial charge in [0.05, 0.1) is 5.34 Å². The number of halogens is 2. The summed E-state index contributed by atoms with van der Waals surface area (Å²) in [5.74, 6) is 0. The average Bonchev–Trinajstić information content (AvgIpc) is 1.39. The third kappa shape index (κ3) is 88.0. The molecule has 0 nitrogen and oxygen atoms in total. The summed E-state index contributed by atoms with van der Waals surface area (Å²) in [5.41, 5.74) is 0. The molecule has 0 fully saturated rings. The highest BCUT2D eigenvalue weighted by molar-refractivity contribution is 7.97. The molecule has 0 N–H and O–H groups in total. The highest BCUT2D eigenvalue weighted by Gasteiger charge is 1.41. The van der Waals surface area contributed by atoms with Crippen LogP contribution in [0.3, 0.4) is 0 Å². The first-order valence-electron chi connectivity index (χ1n) is 1.35. The van der Waals surface area contributed by atoms with E-state index in [9.17, 15) is 0 Å². The van der Waals surface area contributed by atoms with E-state index >= 15 is 0 Å². The highest BCUT2D eigenvalue weighted by atomic mass is 35.5. The molecule has 0 atom stereocenters. The Hall–Kier alpha value is 0.930. The summed E-state index contributed by atoms with van der Waals surface area (Å²) >= 11 is 11.3. The van der Waals surface area contributed by atoms with Crippen molar-refractivity contribution in [3.63, 3.8) is 0 Å². The van der Waals surface area contributed by atoms with Gasteiger partial charge in [0.15, 0.2) is 0 Å². The normalized spacial score (nSPS) is 6.00. The van der Waals surface area contributed by atoms with Crippen LogP contribution < -0.4 is 0 Å². The number of hydrogen-bond donors (Lipinski definition) is 0. The fourth-order valence-electron chi connectivity index (χ4n) is 0. The Morgan fingerprint density at radius 2 is 1.33 bits per heavy atom. The lowest BCUT2D eigenvalue weighted by molar-refractivity contribution is 2.20. The van der Waals surface area contributed by atoms with Gasteiger partial charge < -0.3 is 0 Å². The van der Waals surface area contributed by atoms with Gasteiger partial charge in [0.1, 0.15) is 0 Å². The summed E-state index contributed by atoms with van der Waals surface area (Å²) in [6, 6.07) is 0. The summed E-state index contributed by atoms with van der Waals surface area (Å²) in [7, 11) is 0. The molecule has 6 heavy (non-hydrogen) atoms. The molecule has 0 aliphatic carbocycles. The molecule has 0 aliphatic heterocycles. The molecule has 0 aromatic carbocycles. The van der Waals surface area contributed by atoms with Crippen LogP contribution in [0.1, 0.15) is 0 Å². The van der Waals surface area contributed by atoms with Crippen LogP contribution in [0.4, 0.5) is 0 Å². The molecule has 40 valence electrons. The lowest BCUT2D eigenvalue weighted by atomic mass is 11.9. The minimum atomic E-state index is 0.194. The topological polar surface area (TPSA) is 0 Å². The van der Waals surface area contributed by atoms with Gasteiger partial charge in [-0.05, 0) is 12.5 Å². The van der Waals surface area contributed by atoms with E-state index < -0.39 is 0 Å². The van der Waals surface area contributed by atoms with Crippen molar-refractivity contribution in [3.8, 4) is 0 Å². The van der Waals surface area contributed by atoms with Crippen molar-refractivity contribution >= 4 is 35.0 Å². The second-order valence-electron chi connectivity index (χ2n) is 0.509. The summed E-state index contributed by atoms with van der Waals surface area (Å²) < 4.78 is 0. The minimum Gasteiger partial charge on any atom is -0.169 e. The summed E-state index contributed by atoms with van der Waals surface area (Å²) in [6.07, 6.45) is 4.08. The molecule has 3 heteroatoms. The lowest BCUT2D eigenvalue weighted by Gasteiger charge is -1.51. The van der Waals surface area contributed by atoms with Crippen molar-refractivity contribution in [1.82, 2.24) is 0 Å². The van der Waals surface area contributed by atoms with Crippen LogP contribution in [0.5, 0.6) is 0 Å². The smallest absolute Gasteiger partial charge is 0.0967 e. The third-order valence-electron chi connectivity index (χ3n) is 0. The second-order valence-corrected chi connectivity index (χ2v) is 2.13. The van der Waals surface area contributed by atoms with E-state index in [-0.39, 0.29) is 5.34 Å². The maximum atomic E-state index is 4.76. The Bertz CT molecular complexity index is 10.8. The van der Waals surface area contributed by atoms with Crippen LogP contribution in [0, 0.1) is 0 Å². The first-order valence-corrected chi connectivity index (χ1v) is 4.05. The fraction of sp³-hybridized carbons (Fsp3) is 1.00. The van der Waals surface area contributed by atoms with Crippen LogP contribution in [-0.4, -0.2) is 17.9 Å². The van der Waals surface area contributed by atoms with E-state index in [0.29, 0.717) is 0 Å². The largest absolute Gasteiger partial charge is 0.169 e. The van der Waals surface area contributed by atoms with Crippen molar-refractivity contribution in [2.45, 2.75) is 0 Å². The second kappa shape index (κ2) is 16.8. The quantitative estimate of drug-likeness (QED) is 0.474. The van der Waals surface area contributed by atoms with Gasteiger partial charge in [0.2, 0.25) is 0 Å². The average molecular weight is 147 g/mol. The van der Waals surface area contributed by atoms with Crippen LogP contribution in [0.2, 0.25) is 0 Å². The van der Waals surface area contributed by atoms with E-state index in [1.807, 2.05) is 12.5 Å². The molecule has 0 saturated carbocycles. The number of hydrogen-bond acceptors (Lipinski definition) is 1. The number of alkyl halides is 2. The lowest BCUT2D eigenvalue weighted by Crippen LogP contribution is -1.25. The zero-order chi connectivity index (χ0) is 5.41. The fourth-order valence-corrected chi connectivity index (χ4v) is 0. The highest BCUT2D eigenvalue weighted by Crippen LogP contribution is 1.73. The van der Waals surface area contributed by atoms with E-state index in [0.717, 1.165) is 0 Å². The van der Waals surface area contributed by atoms with E-state index in [4.69, 9.17) is 23.2 Å². The Balaban J connectivity index is 0. The minimum absolute atomic E-state index is 0.194. The van der Waals surface area contributed by atoms with Gasteiger partial charge in [-0.1, -0.05) is 0 Å². The third-order valence-corrected chi connectivity index (χ3v) is 0. The van der Waals surface area contributed by atoms with Crippen LogP contribution >= 0.6 is 35.0 Å². The summed E-state index contributed by atoms with van der Waals surface area (Å²) in [5, 5.41) is 0.194. The first-order chi connectivity index (χ1) is 2.83. The number of rotatable bonds is 0. The molecule has 0 heterocycles. The molecule has 0 bridgehead atoms. The van der Waals surface area contributed by atoms with Crippen molar-refractivity contribution < 1.29 is 0 Å². The van der Waals surface area contributed by atoms with Gasteiger partial charge >= 0.3 is 0 Å². The Morgan fingerprint density at radius 1 is 1.33 bits per heavy atom. The van der Waals surface area contributed by atoms with E-state index in [1.165, 1.54) is 0 Å². The van der Waals surface area contributed by atoms with Crippen LogP contribution in [0.25, 0.3) is 0 Å². The summed E-state index contributed by atoms with van der Waals surface area (Å²) in [6.45, 7) is 0. The Kier molecular flexibility index (Phi) is 28.1. The Labute approximate surface area is 53.2 Å². The van der Waals surface area contributed by atoms with Gasteiger partial charge in [-0.25, -0.2) is 0 Å². The Morgan fingerprint density at radius 3 is 1.33 bits per heavy atom. The van der Waals surface area contributed by atoms with Crippen LogP contribution in [-0.2, 0) is 0 Å². The SMILES string of the molecule is CSC.ClCCl. The molecule has 0 amide bonds. The van der Waals surface area contributed by atoms with E-state index in [2.05, 4.69) is 0 Å². The molecule has 0 saturated heterocycles. The van der Waals surface area contributed by atoms with Crippen molar-refractivity contribution in [2.75, 3.05) is 17.9 Å². The van der Waals surface area contributed by atoms with Crippen molar-refractivity contribution in [3.05, 3.63) is 0 Å². The maximum Gasteiger partial charge on any atom is 0.0967 e. The predicted octanol–water partition coefficient (Wildman–Crippen LogP) is 2.40. The molecule has 0 radical (unpaired) electrons. The molecule has 0 aliphatic rings. The predicted molar refractivity (Wildman–Crippen MR) is 36.0 cm³/mol. The molecular formula is C3H8Cl2S. The molecule has 0 spiro atoms. The van der Waals surface area contributed by atoms with Gasteiger partial charge in [-0.3, -0.25) is 0 Å². The number of thioether (sulfide) groups is 1. The van der Waals surface area contributed by atoms with Gasteiger partial charge in [0.25, 0.3) is 0 Å². The first kappa shape index (κ1) is 10.0. The molecule has 0 aromatic rings. The van der Waals surface area contributed by atoms with Gasteiger partial charge in [0, 0.05) is 0 Å². The zero-order valence-corrected chi connectivity index (χ0v) is 6.20. The van der Waals surface area contributed by atoms with Gasteiger partial charge in [-0.2, -0.15) is 11.8 Å². The summed E-state index contributed by atoms with van der Waals surface area (Å²) in [4.78, 5) is 0. The van der Waals surface area contributed by atoms with E-state index in [1.54, 1.807) is 11.8 Å². The molecule has 0 unspecified atom stereocenters. The van der Waals surface area contributed by atoms with Crippen molar-refractivity contribution in [2.24, 2.45) is 0 Å². The standard InChI is InChI=1S/C2H6S.CH2Cl2/c1-3-2;2-1-3/h1-2H3;1H2. The monoisotopic (exact) mass is 146 g/mol. The molecule has 0 aromatic heterocycles. The molecular weight excluding hydrogens is 139 g/mol.